The number of epoxide rings is 1. The predicted octanol–water partition coefficient (Wildman–Crippen LogP) is 2.40. The van der Waals surface area contributed by atoms with Gasteiger partial charge in [0.05, 0.1) is 5.56 Å². The quantitative estimate of drug-likeness (QED) is 0.737. The van der Waals surface area contributed by atoms with E-state index in [4.69, 9.17) is 4.74 Å². The Labute approximate surface area is 109 Å². The molecule has 0 bridgehead atoms. The van der Waals surface area contributed by atoms with E-state index in [0.717, 1.165) is 5.69 Å². The molecule has 2 aromatic carbocycles. The topological polar surface area (TPSA) is 82.1 Å². The number of carboxylic acid groups (broad SMARTS) is 1. The van der Waals surface area contributed by atoms with Gasteiger partial charge in [-0.05, 0) is 42.0 Å². The van der Waals surface area contributed by atoms with E-state index in [1.165, 1.54) is 6.07 Å². The fourth-order valence-electron chi connectivity index (χ4n) is 2.11. The Bertz CT molecular complexity index is 668. The van der Waals surface area contributed by atoms with Crippen LogP contribution < -0.4 is 5.32 Å². The first kappa shape index (κ1) is 11.8. The minimum absolute atomic E-state index is 0.0113. The fourth-order valence-corrected chi connectivity index (χ4v) is 2.11. The third-order valence-electron chi connectivity index (χ3n) is 3.19. The van der Waals surface area contributed by atoms with Crippen LogP contribution in [0.1, 0.15) is 17.3 Å². The van der Waals surface area contributed by atoms with Gasteiger partial charge in [-0.3, -0.25) is 0 Å². The van der Waals surface area contributed by atoms with Crippen molar-refractivity contribution in [3.63, 3.8) is 0 Å². The first-order valence-electron chi connectivity index (χ1n) is 5.96. The van der Waals surface area contributed by atoms with Crippen LogP contribution in [0, 0.1) is 0 Å². The molecule has 1 fully saturated rings. The SMILES string of the molecule is CC1OC1Nc1ccc2cc(O)cc(C(=O)O)c2c1. The van der Waals surface area contributed by atoms with Gasteiger partial charge in [0.1, 0.15) is 11.9 Å². The maximum absolute atomic E-state index is 11.2. The molecular weight excluding hydrogens is 246 g/mol. The number of aromatic hydroxyl groups is 1. The molecule has 0 spiro atoms. The zero-order valence-corrected chi connectivity index (χ0v) is 10.3. The number of ether oxygens (including phenoxy) is 1. The standard InChI is InChI=1S/C14H13NO4/c1-7-13(19-7)15-9-3-2-8-4-10(16)6-12(14(17)18)11(8)5-9/h2-7,13,15-16H,1H3,(H,17,18). The lowest BCUT2D eigenvalue weighted by Gasteiger charge is -2.08. The molecule has 0 radical (unpaired) electrons. The highest BCUT2D eigenvalue weighted by Crippen LogP contribution is 2.30. The Hall–Kier alpha value is -2.27. The van der Waals surface area contributed by atoms with Gasteiger partial charge in [0.2, 0.25) is 0 Å². The van der Waals surface area contributed by atoms with Crippen molar-refractivity contribution < 1.29 is 19.7 Å². The second kappa shape index (κ2) is 4.13. The third kappa shape index (κ3) is 2.20. The highest BCUT2D eigenvalue weighted by molar-refractivity contribution is 6.05. The molecule has 2 atom stereocenters. The van der Waals surface area contributed by atoms with Crippen LogP contribution in [0.15, 0.2) is 30.3 Å². The number of carbonyl (C=O) groups is 1. The first-order chi connectivity index (χ1) is 9.04. The Morgan fingerprint density at radius 3 is 2.68 bits per heavy atom. The molecule has 98 valence electrons. The molecule has 1 saturated heterocycles. The highest BCUT2D eigenvalue weighted by atomic mass is 16.6. The monoisotopic (exact) mass is 259 g/mol. The summed E-state index contributed by atoms with van der Waals surface area (Å²) in [6.07, 6.45) is 0.164. The van der Waals surface area contributed by atoms with Crippen LogP contribution in [-0.4, -0.2) is 28.5 Å². The van der Waals surface area contributed by atoms with Crippen LogP contribution in [0.5, 0.6) is 5.75 Å². The van der Waals surface area contributed by atoms with E-state index >= 15 is 0 Å². The lowest BCUT2D eigenvalue weighted by atomic mass is 10.0. The zero-order chi connectivity index (χ0) is 13.6. The van der Waals surface area contributed by atoms with Crippen LogP contribution in [0.25, 0.3) is 10.8 Å². The minimum Gasteiger partial charge on any atom is -0.508 e. The molecule has 19 heavy (non-hydrogen) atoms. The van der Waals surface area contributed by atoms with Crippen molar-refractivity contribution in [2.45, 2.75) is 19.3 Å². The third-order valence-corrected chi connectivity index (χ3v) is 3.19. The average molecular weight is 259 g/mol. The molecule has 3 rings (SSSR count). The lowest BCUT2D eigenvalue weighted by Crippen LogP contribution is -2.05. The molecule has 5 heteroatoms. The van der Waals surface area contributed by atoms with Crippen LogP contribution in [0.3, 0.4) is 0 Å². The summed E-state index contributed by atoms with van der Waals surface area (Å²) in [7, 11) is 0. The molecule has 0 aromatic heterocycles. The van der Waals surface area contributed by atoms with Crippen molar-refractivity contribution in [3.8, 4) is 5.75 Å². The highest BCUT2D eigenvalue weighted by Gasteiger charge is 2.33. The molecule has 0 aliphatic carbocycles. The van der Waals surface area contributed by atoms with Gasteiger partial charge < -0.3 is 20.3 Å². The molecule has 0 saturated carbocycles. The van der Waals surface area contributed by atoms with E-state index in [9.17, 15) is 15.0 Å². The van der Waals surface area contributed by atoms with Gasteiger partial charge in [-0.15, -0.1) is 0 Å². The van der Waals surface area contributed by atoms with Crippen molar-refractivity contribution in [3.05, 3.63) is 35.9 Å². The molecule has 1 aliphatic heterocycles. The molecular formula is C14H13NO4. The van der Waals surface area contributed by atoms with Gasteiger partial charge in [-0.2, -0.15) is 0 Å². The van der Waals surface area contributed by atoms with Crippen molar-refractivity contribution in [1.82, 2.24) is 0 Å². The van der Waals surface area contributed by atoms with E-state index in [1.54, 1.807) is 18.2 Å². The molecule has 2 unspecified atom stereocenters. The van der Waals surface area contributed by atoms with E-state index < -0.39 is 5.97 Å². The van der Waals surface area contributed by atoms with E-state index in [-0.39, 0.29) is 23.6 Å². The number of anilines is 1. The molecule has 5 nitrogen and oxygen atoms in total. The summed E-state index contributed by atoms with van der Waals surface area (Å²) in [5, 5.41) is 23.1. The average Bonchev–Trinajstić information content (AvgIpc) is 3.04. The van der Waals surface area contributed by atoms with Gasteiger partial charge in [0.15, 0.2) is 6.23 Å². The number of aromatic carboxylic acids is 1. The summed E-state index contributed by atoms with van der Waals surface area (Å²) in [6.45, 7) is 1.96. The second-order valence-corrected chi connectivity index (χ2v) is 4.64. The Kier molecular flexibility index (Phi) is 2.57. The molecule has 1 heterocycles. The van der Waals surface area contributed by atoms with Crippen molar-refractivity contribution >= 4 is 22.4 Å². The zero-order valence-electron chi connectivity index (χ0n) is 10.3. The summed E-state index contributed by atoms with van der Waals surface area (Å²) in [4.78, 5) is 11.2. The van der Waals surface area contributed by atoms with Crippen LogP contribution >= 0.6 is 0 Å². The number of phenolic OH excluding ortho intramolecular Hbond substituents is 1. The first-order valence-corrected chi connectivity index (χ1v) is 5.96. The van der Waals surface area contributed by atoms with Gasteiger partial charge in [-0.1, -0.05) is 6.07 Å². The van der Waals surface area contributed by atoms with Gasteiger partial charge in [0, 0.05) is 5.69 Å². The number of hydrogen-bond acceptors (Lipinski definition) is 4. The summed E-state index contributed by atoms with van der Waals surface area (Å²) in [5.74, 6) is -1.11. The van der Waals surface area contributed by atoms with Crippen LogP contribution in [0.4, 0.5) is 5.69 Å². The van der Waals surface area contributed by atoms with Gasteiger partial charge in [-0.25, -0.2) is 4.79 Å². The Balaban J connectivity index is 2.07. The number of nitrogens with one attached hydrogen (secondary N) is 1. The van der Waals surface area contributed by atoms with E-state index in [2.05, 4.69) is 5.32 Å². The lowest BCUT2D eigenvalue weighted by molar-refractivity contribution is 0.0698. The Morgan fingerprint density at radius 1 is 1.32 bits per heavy atom. The molecule has 3 N–H and O–H groups in total. The minimum atomic E-state index is -1.06. The van der Waals surface area contributed by atoms with Crippen molar-refractivity contribution in [2.75, 3.05) is 5.32 Å². The maximum atomic E-state index is 11.2. The second-order valence-electron chi connectivity index (χ2n) is 4.64. The summed E-state index contributed by atoms with van der Waals surface area (Å²) >= 11 is 0. The van der Waals surface area contributed by atoms with Crippen molar-refractivity contribution in [1.29, 1.82) is 0 Å². The van der Waals surface area contributed by atoms with Crippen LogP contribution in [-0.2, 0) is 4.74 Å². The van der Waals surface area contributed by atoms with Crippen molar-refractivity contribution in [2.24, 2.45) is 0 Å². The normalized spacial score (nSPS) is 21.3. The van der Waals surface area contributed by atoms with E-state index in [1.807, 2.05) is 13.0 Å². The summed E-state index contributed by atoms with van der Waals surface area (Å²) in [6, 6.07) is 8.16. The fraction of sp³-hybridized carbons (Fsp3) is 0.214. The number of hydrogen-bond donors (Lipinski definition) is 3. The molecule has 2 aromatic rings. The van der Waals surface area contributed by atoms with Gasteiger partial charge in [0.25, 0.3) is 0 Å². The number of phenols is 1. The maximum Gasteiger partial charge on any atom is 0.336 e. The molecule has 0 amide bonds. The predicted molar refractivity (Wildman–Crippen MR) is 70.5 cm³/mol. The Morgan fingerprint density at radius 2 is 2.05 bits per heavy atom. The van der Waals surface area contributed by atoms with Gasteiger partial charge >= 0.3 is 5.97 Å². The number of benzene rings is 2. The number of rotatable bonds is 3. The smallest absolute Gasteiger partial charge is 0.336 e. The van der Waals surface area contributed by atoms with E-state index in [0.29, 0.717) is 10.8 Å². The molecule has 1 aliphatic rings. The van der Waals surface area contributed by atoms with Crippen LogP contribution in [0.2, 0.25) is 0 Å². The summed E-state index contributed by atoms with van der Waals surface area (Å²) in [5.41, 5.74) is 0.887. The summed E-state index contributed by atoms with van der Waals surface area (Å²) < 4.78 is 5.26. The largest absolute Gasteiger partial charge is 0.508 e. The number of carboxylic acids is 1. The number of fused-ring (bicyclic) bond motifs is 1.